The normalized spacial score (nSPS) is 11.1. The molecule has 0 saturated carbocycles. The molecular weight excluding hydrogens is 508 g/mol. The van der Waals surface area contributed by atoms with Crippen LogP contribution in [0.2, 0.25) is 0 Å². The summed E-state index contributed by atoms with van der Waals surface area (Å²) in [6.45, 7) is 4.76. The molecule has 0 radical (unpaired) electrons. The maximum Gasteiger partial charge on any atom is 0.209 e. The molecule has 2 aromatic heterocycles. The second-order valence-electron chi connectivity index (χ2n) is 8.17. The molecule has 0 aliphatic carbocycles. The molecule has 0 saturated heterocycles. The summed E-state index contributed by atoms with van der Waals surface area (Å²) in [6.07, 6.45) is 1.84. The lowest BCUT2D eigenvalue weighted by Crippen LogP contribution is -2.04. The van der Waals surface area contributed by atoms with Gasteiger partial charge in [0.05, 0.1) is 24.0 Å². The number of tetrazole rings is 1. The van der Waals surface area contributed by atoms with Gasteiger partial charge in [-0.3, -0.25) is 0 Å². The van der Waals surface area contributed by atoms with Gasteiger partial charge in [-0.2, -0.15) is 9.90 Å². The summed E-state index contributed by atoms with van der Waals surface area (Å²) in [5.74, 6) is 1.39. The molecule has 5 rings (SSSR count). The summed E-state index contributed by atoms with van der Waals surface area (Å²) < 4.78 is 3.03. The molecule has 0 N–H and O–H groups in total. The van der Waals surface area contributed by atoms with Crippen LogP contribution in [-0.2, 0) is 12.3 Å². The first-order valence-electron chi connectivity index (χ1n) is 10.9. The first kappa shape index (κ1) is 22.6. The zero-order valence-corrected chi connectivity index (χ0v) is 21.3. The standard InChI is InChI=1S/C26H23BrN6S/c1-18-12-19(2)14-23(13-18)33-26(34-17-21-6-4-3-5-7-21)24(15-28-33)25-29-31-32(30-25)16-20-8-10-22(27)11-9-20/h3-15H,16-17H2,1-2H3. The second-order valence-corrected chi connectivity index (χ2v) is 10.0. The van der Waals surface area contributed by atoms with Gasteiger partial charge in [-0.25, -0.2) is 4.68 Å². The molecule has 2 heterocycles. The van der Waals surface area contributed by atoms with E-state index < -0.39 is 0 Å². The third-order valence-electron chi connectivity index (χ3n) is 5.33. The van der Waals surface area contributed by atoms with Crippen LogP contribution in [0.25, 0.3) is 17.1 Å². The van der Waals surface area contributed by atoms with Crippen LogP contribution < -0.4 is 0 Å². The van der Waals surface area contributed by atoms with Crippen LogP contribution in [0.5, 0.6) is 0 Å². The van der Waals surface area contributed by atoms with Crippen molar-refractivity contribution in [2.45, 2.75) is 31.2 Å². The molecule has 0 atom stereocenters. The van der Waals surface area contributed by atoms with Crippen molar-refractivity contribution in [3.05, 3.63) is 106 Å². The van der Waals surface area contributed by atoms with Gasteiger partial charge >= 0.3 is 0 Å². The van der Waals surface area contributed by atoms with E-state index in [0.717, 1.165) is 32.1 Å². The number of aromatic nitrogens is 6. The molecule has 6 nitrogen and oxygen atoms in total. The monoisotopic (exact) mass is 530 g/mol. The van der Waals surface area contributed by atoms with E-state index in [4.69, 9.17) is 5.10 Å². The molecular formula is C26H23BrN6S. The third-order valence-corrected chi connectivity index (χ3v) is 7.00. The summed E-state index contributed by atoms with van der Waals surface area (Å²) >= 11 is 5.20. The van der Waals surface area contributed by atoms with Crippen molar-refractivity contribution in [2.75, 3.05) is 0 Å². The van der Waals surface area contributed by atoms with Gasteiger partial charge < -0.3 is 0 Å². The maximum absolute atomic E-state index is 4.73. The lowest BCUT2D eigenvalue weighted by Gasteiger charge is -2.10. The smallest absolute Gasteiger partial charge is 0.209 e. The molecule has 0 aliphatic rings. The average Bonchev–Trinajstić information content (AvgIpc) is 3.46. The zero-order chi connectivity index (χ0) is 23.5. The van der Waals surface area contributed by atoms with E-state index in [1.165, 1.54) is 16.7 Å². The van der Waals surface area contributed by atoms with Crippen LogP contribution in [0.15, 0.2) is 88.5 Å². The van der Waals surface area contributed by atoms with E-state index >= 15 is 0 Å². The summed E-state index contributed by atoms with van der Waals surface area (Å²) in [5, 5.41) is 19.1. The Hall–Kier alpha value is -3.23. The Bertz CT molecular complexity index is 1390. The van der Waals surface area contributed by atoms with E-state index in [2.05, 4.69) is 87.7 Å². The topological polar surface area (TPSA) is 61.4 Å². The molecule has 0 unspecified atom stereocenters. The molecule has 0 amide bonds. The molecule has 5 aromatic rings. The summed E-state index contributed by atoms with van der Waals surface area (Å²) in [4.78, 5) is 1.62. The highest BCUT2D eigenvalue weighted by atomic mass is 79.9. The lowest BCUT2D eigenvalue weighted by atomic mass is 10.1. The SMILES string of the molecule is Cc1cc(C)cc(-n2ncc(-c3nnn(Cc4ccc(Br)cc4)n3)c2SCc2ccccc2)c1. The largest absolute Gasteiger partial charge is 0.226 e. The van der Waals surface area contributed by atoms with E-state index in [1.54, 1.807) is 16.6 Å². The minimum atomic E-state index is 0.554. The highest BCUT2D eigenvalue weighted by Crippen LogP contribution is 2.34. The van der Waals surface area contributed by atoms with Gasteiger partial charge in [0, 0.05) is 10.2 Å². The number of rotatable bonds is 7. The van der Waals surface area contributed by atoms with Crippen LogP contribution >= 0.6 is 27.7 Å². The molecule has 34 heavy (non-hydrogen) atoms. The van der Waals surface area contributed by atoms with Crippen LogP contribution in [-0.4, -0.2) is 30.0 Å². The minimum absolute atomic E-state index is 0.554. The van der Waals surface area contributed by atoms with Gasteiger partial charge in [0.1, 0.15) is 5.03 Å². The molecule has 8 heteroatoms. The van der Waals surface area contributed by atoms with Crippen LogP contribution in [0.3, 0.4) is 0 Å². The number of nitrogens with zero attached hydrogens (tertiary/aromatic N) is 6. The Kier molecular flexibility index (Phi) is 6.60. The van der Waals surface area contributed by atoms with Gasteiger partial charge in [-0.05, 0) is 65.6 Å². The fourth-order valence-corrected chi connectivity index (χ4v) is 5.12. The molecule has 0 fully saturated rings. The predicted octanol–water partition coefficient (Wildman–Crippen LogP) is 6.25. The molecule has 0 aliphatic heterocycles. The Balaban J connectivity index is 1.49. The Morgan fingerprint density at radius 2 is 1.62 bits per heavy atom. The molecule has 0 bridgehead atoms. The molecule has 3 aromatic carbocycles. The molecule has 0 spiro atoms. The van der Waals surface area contributed by atoms with Crippen molar-refractivity contribution in [1.82, 2.24) is 30.0 Å². The highest BCUT2D eigenvalue weighted by molar-refractivity contribution is 9.10. The second kappa shape index (κ2) is 9.95. The van der Waals surface area contributed by atoms with Crippen LogP contribution in [0.4, 0.5) is 0 Å². The van der Waals surface area contributed by atoms with E-state index in [9.17, 15) is 0 Å². The number of aryl methyl sites for hydroxylation is 2. The summed E-state index contributed by atoms with van der Waals surface area (Å²) in [5.41, 5.74) is 6.66. The van der Waals surface area contributed by atoms with Crippen molar-refractivity contribution in [3.63, 3.8) is 0 Å². The average molecular weight is 531 g/mol. The van der Waals surface area contributed by atoms with Crippen molar-refractivity contribution < 1.29 is 0 Å². The Morgan fingerprint density at radius 1 is 0.882 bits per heavy atom. The van der Waals surface area contributed by atoms with Gasteiger partial charge in [0.15, 0.2) is 0 Å². The first-order chi connectivity index (χ1) is 16.5. The van der Waals surface area contributed by atoms with E-state index in [-0.39, 0.29) is 0 Å². The summed E-state index contributed by atoms with van der Waals surface area (Å²) in [7, 11) is 0. The Labute approximate surface area is 211 Å². The van der Waals surface area contributed by atoms with Crippen LogP contribution in [0, 0.1) is 13.8 Å². The summed E-state index contributed by atoms with van der Waals surface area (Å²) in [6, 6.07) is 25.0. The fraction of sp³-hybridized carbons (Fsp3) is 0.154. The van der Waals surface area contributed by atoms with Crippen molar-refractivity contribution >= 4 is 27.7 Å². The van der Waals surface area contributed by atoms with Gasteiger partial charge in [-0.1, -0.05) is 64.5 Å². The van der Waals surface area contributed by atoms with Crippen LogP contribution in [0.1, 0.15) is 22.3 Å². The van der Waals surface area contributed by atoms with Gasteiger partial charge in [0.2, 0.25) is 5.82 Å². The number of benzene rings is 3. The zero-order valence-electron chi connectivity index (χ0n) is 18.9. The van der Waals surface area contributed by atoms with Gasteiger partial charge in [0.25, 0.3) is 0 Å². The predicted molar refractivity (Wildman–Crippen MR) is 139 cm³/mol. The van der Waals surface area contributed by atoms with E-state index in [1.807, 2.05) is 41.2 Å². The minimum Gasteiger partial charge on any atom is -0.226 e. The number of hydrogen-bond donors (Lipinski definition) is 0. The number of hydrogen-bond acceptors (Lipinski definition) is 5. The number of halogens is 1. The highest BCUT2D eigenvalue weighted by Gasteiger charge is 2.19. The van der Waals surface area contributed by atoms with E-state index in [0.29, 0.717) is 12.4 Å². The van der Waals surface area contributed by atoms with Crippen molar-refractivity contribution in [2.24, 2.45) is 0 Å². The first-order valence-corrected chi connectivity index (χ1v) is 12.7. The van der Waals surface area contributed by atoms with Gasteiger partial charge in [-0.15, -0.1) is 22.0 Å². The third kappa shape index (κ3) is 5.13. The van der Waals surface area contributed by atoms with Crippen molar-refractivity contribution in [1.29, 1.82) is 0 Å². The fourth-order valence-electron chi connectivity index (χ4n) is 3.78. The number of thioether (sulfide) groups is 1. The molecule has 170 valence electrons. The Morgan fingerprint density at radius 3 is 2.35 bits per heavy atom. The maximum atomic E-state index is 4.73. The lowest BCUT2D eigenvalue weighted by molar-refractivity contribution is 0.573. The van der Waals surface area contributed by atoms with Crippen molar-refractivity contribution in [3.8, 4) is 17.1 Å². The quantitative estimate of drug-likeness (QED) is 0.233.